The van der Waals surface area contributed by atoms with E-state index in [1.165, 1.54) is 14.2 Å². The molecule has 0 spiro atoms. The van der Waals surface area contributed by atoms with E-state index in [9.17, 15) is 9.59 Å². The van der Waals surface area contributed by atoms with Crippen molar-refractivity contribution in [2.75, 3.05) is 14.2 Å². The van der Waals surface area contributed by atoms with Gasteiger partial charge in [0.25, 0.3) is 0 Å². The predicted octanol–water partition coefficient (Wildman–Crippen LogP) is 2.77. The van der Waals surface area contributed by atoms with Crippen LogP contribution >= 0.6 is 0 Å². The maximum absolute atomic E-state index is 11.5. The number of esters is 1. The van der Waals surface area contributed by atoms with E-state index in [4.69, 9.17) is 13.9 Å². The van der Waals surface area contributed by atoms with E-state index in [2.05, 4.69) is 4.74 Å². The van der Waals surface area contributed by atoms with Gasteiger partial charge in [0.15, 0.2) is 11.5 Å². The first kappa shape index (κ1) is 15.6. The highest BCUT2D eigenvalue weighted by molar-refractivity contribution is 5.90. The summed E-state index contributed by atoms with van der Waals surface area (Å²) in [5, 5.41) is 0. The molecule has 6 nitrogen and oxygen atoms in total. The van der Waals surface area contributed by atoms with Crippen LogP contribution < -0.4 is 9.47 Å². The quantitative estimate of drug-likeness (QED) is 0.603. The van der Waals surface area contributed by atoms with Gasteiger partial charge in [-0.1, -0.05) is 0 Å². The molecule has 2 aromatic rings. The van der Waals surface area contributed by atoms with Crippen LogP contribution in [0.25, 0.3) is 0 Å². The molecular formula is C16H16O6. The lowest BCUT2D eigenvalue weighted by atomic mass is 10.2. The fourth-order valence-electron chi connectivity index (χ4n) is 1.95. The Kier molecular flexibility index (Phi) is 4.83. The minimum atomic E-state index is -0.458. The third-order valence-corrected chi connectivity index (χ3v) is 3.07. The van der Waals surface area contributed by atoms with Crippen molar-refractivity contribution in [2.45, 2.75) is 13.5 Å². The molecule has 1 aromatic carbocycles. The average molecular weight is 304 g/mol. The summed E-state index contributed by atoms with van der Waals surface area (Å²) in [5.74, 6) is 1.41. The Morgan fingerprint density at radius 1 is 1.23 bits per heavy atom. The summed E-state index contributed by atoms with van der Waals surface area (Å²) in [5.41, 5.74) is 0.857. The largest absolute Gasteiger partial charge is 0.493 e. The Balaban J connectivity index is 2.13. The molecule has 22 heavy (non-hydrogen) atoms. The van der Waals surface area contributed by atoms with Crippen LogP contribution in [0.3, 0.4) is 0 Å². The van der Waals surface area contributed by atoms with E-state index in [1.807, 2.05) is 0 Å². The first-order valence-corrected chi connectivity index (χ1v) is 6.52. The minimum Gasteiger partial charge on any atom is -0.493 e. The summed E-state index contributed by atoms with van der Waals surface area (Å²) in [6, 6.07) is 6.42. The van der Waals surface area contributed by atoms with Gasteiger partial charge in [0.1, 0.15) is 30.0 Å². The van der Waals surface area contributed by atoms with Crippen LogP contribution in [0.2, 0.25) is 0 Å². The van der Waals surface area contributed by atoms with Gasteiger partial charge in [-0.3, -0.25) is 4.79 Å². The first-order valence-electron chi connectivity index (χ1n) is 6.52. The normalized spacial score (nSPS) is 10.1. The van der Waals surface area contributed by atoms with E-state index < -0.39 is 5.97 Å². The number of carbonyl (C=O) groups is 2. The lowest BCUT2D eigenvalue weighted by Crippen LogP contribution is -2.01. The van der Waals surface area contributed by atoms with Gasteiger partial charge in [0.2, 0.25) is 0 Å². The third kappa shape index (κ3) is 3.28. The van der Waals surface area contributed by atoms with E-state index in [0.717, 1.165) is 6.29 Å². The van der Waals surface area contributed by atoms with Crippen molar-refractivity contribution in [3.8, 4) is 11.5 Å². The Hall–Kier alpha value is -2.76. The molecule has 0 unspecified atom stereocenters. The smallest absolute Gasteiger partial charge is 0.341 e. The van der Waals surface area contributed by atoms with E-state index in [0.29, 0.717) is 34.1 Å². The molecule has 0 saturated carbocycles. The Morgan fingerprint density at radius 2 is 2.00 bits per heavy atom. The Morgan fingerprint density at radius 3 is 2.64 bits per heavy atom. The van der Waals surface area contributed by atoms with Crippen molar-refractivity contribution in [1.82, 2.24) is 0 Å². The van der Waals surface area contributed by atoms with Gasteiger partial charge in [-0.15, -0.1) is 0 Å². The lowest BCUT2D eigenvalue weighted by Gasteiger charge is -2.09. The molecule has 1 aromatic heterocycles. The molecule has 1 heterocycles. The molecule has 0 fully saturated rings. The van der Waals surface area contributed by atoms with Crippen molar-refractivity contribution in [1.29, 1.82) is 0 Å². The monoisotopic (exact) mass is 304 g/mol. The van der Waals surface area contributed by atoms with Crippen molar-refractivity contribution >= 4 is 12.3 Å². The number of methoxy groups -OCH3 is 2. The van der Waals surface area contributed by atoms with Crippen molar-refractivity contribution in [3.63, 3.8) is 0 Å². The zero-order valence-corrected chi connectivity index (χ0v) is 12.5. The van der Waals surface area contributed by atoms with E-state index >= 15 is 0 Å². The van der Waals surface area contributed by atoms with Crippen LogP contribution in [-0.4, -0.2) is 26.5 Å². The van der Waals surface area contributed by atoms with Gasteiger partial charge in [-0.2, -0.15) is 0 Å². The topological polar surface area (TPSA) is 75.0 Å². The maximum Gasteiger partial charge on any atom is 0.341 e. The highest BCUT2D eigenvalue weighted by atomic mass is 16.5. The summed E-state index contributed by atoms with van der Waals surface area (Å²) in [4.78, 5) is 22.3. The minimum absolute atomic E-state index is 0.120. The fourth-order valence-corrected chi connectivity index (χ4v) is 1.95. The van der Waals surface area contributed by atoms with E-state index in [-0.39, 0.29) is 6.61 Å². The SMILES string of the molecule is COC(=O)c1cc(COc2ccc(C=O)cc2OC)oc1C. The van der Waals surface area contributed by atoms with Crippen LogP contribution in [0.5, 0.6) is 11.5 Å². The first-order chi connectivity index (χ1) is 10.6. The standard InChI is InChI=1S/C16H16O6/c1-10-13(16(18)20-3)7-12(22-10)9-21-14-5-4-11(8-17)6-15(14)19-2/h4-8H,9H2,1-3H3. The van der Waals surface area contributed by atoms with Crippen LogP contribution in [0.1, 0.15) is 32.2 Å². The number of aryl methyl sites for hydroxylation is 1. The molecule has 0 bridgehead atoms. The molecule has 0 radical (unpaired) electrons. The number of hydrogen-bond acceptors (Lipinski definition) is 6. The Bertz CT molecular complexity index is 686. The number of aldehydes is 1. The van der Waals surface area contributed by atoms with Gasteiger partial charge in [0.05, 0.1) is 14.2 Å². The number of hydrogen-bond donors (Lipinski definition) is 0. The van der Waals surface area contributed by atoms with Gasteiger partial charge in [-0.25, -0.2) is 4.79 Å². The zero-order chi connectivity index (χ0) is 16.1. The van der Waals surface area contributed by atoms with E-state index in [1.54, 1.807) is 31.2 Å². The summed E-state index contributed by atoms with van der Waals surface area (Å²) in [6.07, 6.45) is 0.727. The number of carbonyl (C=O) groups excluding carboxylic acids is 2. The van der Waals surface area contributed by atoms with Gasteiger partial charge >= 0.3 is 5.97 Å². The van der Waals surface area contributed by atoms with Gasteiger partial charge in [0, 0.05) is 5.56 Å². The second-order valence-electron chi connectivity index (χ2n) is 4.49. The third-order valence-electron chi connectivity index (χ3n) is 3.07. The summed E-state index contributed by atoms with van der Waals surface area (Å²) >= 11 is 0. The summed E-state index contributed by atoms with van der Waals surface area (Å²) in [7, 11) is 2.80. The van der Waals surface area contributed by atoms with Crippen LogP contribution in [0.15, 0.2) is 28.7 Å². The second-order valence-corrected chi connectivity index (χ2v) is 4.49. The summed E-state index contributed by atoms with van der Waals surface area (Å²) < 4.78 is 20.9. The van der Waals surface area contributed by atoms with Crippen LogP contribution in [0, 0.1) is 6.92 Å². The number of ether oxygens (including phenoxy) is 3. The van der Waals surface area contributed by atoms with Crippen molar-refractivity contribution in [2.24, 2.45) is 0 Å². The van der Waals surface area contributed by atoms with Crippen molar-refractivity contribution in [3.05, 3.63) is 46.9 Å². The maximum atomic E-state index is 11.5. The van der Waals surface area contributed by atoms with Gasteiger partial charge < -0.3 is 18.6 Å². The van der Waals surface area contributed by atoms with Crippen molar-refractivity contribution < 1.29 is 28.2 Å². The highest BCUT2D eigenvalue weighted by Gasteiger charge is 2.16. The zero-order valence-electron chi connectivity index (χ0n) is 12.5. The number of furan rings is 1. The van der Waals surface area contributed by atoms with Crippen LogP contribution in [0.4, 0.5) is 0 Å². The fraction of sp³-hybridized carbons (Fsp3) is 0.250. The van der Waals surface area contributed by atoms with Crippen LogP contribution in [-0.2, 0) is 11.3 Å². The summed E-state index contributed by atoms with van der Waals surface area (Å²) in [6.45, 7) is 1.80. The number of benzene rings is 1. The lowest BCUT2D eigenvalue weighted by molar-refractivity contribution is 0.0598. The average Bonchev–Trinajstić information content (AvgIpc) is 2.92. The molecule has 0 atom stereocenters. The predicted molar refractivity (Wildman–Crippen MR) is 77.5 cm³/mol. The molecule has 0 aliphatic carbocycles. The molecular weight excluding hydrogens is 288 g/mol. The molecule has 6 heteroatoms. The molecule has 0 amide bonds. The molecule has 0 aliphatic rings. The molecule has 116 valence electrons. The Labute approximate surface area is 127 Å². The second kappa shape index (κ2) is 6.80. The number of rotatable bonds is 6. The molecule has 0 aliphatic heterocycles. The highest BCUT2D eigenvalue weighted by Crippen LogP contribution is 2.28. The van der Waals surface area contributed by atoms with Gasteiger partial charge in [-0.05, 0) is 31.2 Å². The molecule has 0 saturated heterocycles. The molecule has 0 N–H and O–H groups in total. The molecule has 2 rings (SSSR count).